The van der Waals surface area contributed by atoms with Crippen molar-refractivity contribution in [3.05, 3.63) is 50.9 Å². The van der Waals surface area contributed by atoms with Crippen molar-refractivity contribution >= 4 is 35.0 Å². The molecule has 20 heavy (non-hydrogen) atoms. The van der Waals surface area contributed by atoms with Crippen LogP contribution in [0.4, 0.5) is 0 Å². The Hall–Kier alpha value is -1.85. The van der Waals surface area contributed by atoms with E-state index in [-0.39, 0.29) is 0 Å². The van der Waals surface area contributed by atoms with Gasteiger partial charge in [0.25, 0.3) is 0 Å². The number of ether oxygens (including phenoxy) is 1. The summed E-state index contributed by atoms with van der Waals surface area (Å²) in [6, 6.07) is 7.21. The van der Waals surface area contributed by atoms with Crippen LogP contribution in [0.15, 0.2) is 30.3 Å². The van der Waals surface area contributed by atoms with Crippen LogP contribution in [-0.2, 0) is 11.4 Å². The first-order valence-corrected chi connectivity index (χ1v) is 7.00. The van der Waals surface area contributed by atoms with Gasteiger partial charge in [-0.1, -0.05) is 23.7 Å². The van der Waals surface area contributed by atoms with Gasteiger partial charge in [-0.15, -0.1) is 11.3 Å². The molecular weight excluding hydrogens is 298 g/mol. The Morgan fingerprint density at radius 1 is 1.50 bits per heavy atom. The van der Waals surface area contributed by atoms with Crippen LogP contribution in [0, 0.1) is 6.92 Å². The zero-order valence-corrected chi connectivity index (χ0v) is 12.2. The lowest BCUT2D eigenvalue weighted by Gasteiger charge is -2.05. The highest BCUT2D eigenvalue weighted by molar-refractivity contribution is 7.12. The van der Waals surface area contributed by atoms with Gasteiger partial charge in [-0.3, -0.25) is 0 Å². The lowest BCUT2D eigenvalue weighted by Crippen LogP contribution is -1.95. The van der Waals surface area contributed by atoms with Crippen molar-refractivity contribution in [1.29, 1.82) is 0 Å². The molecule has 1 N–H and O–H groups in total. The van der Waals surface area contributed by atoms with Crippen LogP contribution in [0.2, 0.25) is 5.02 Å². The van der Waals surface area contributed by atoms with E-state index in [1.165, 1.54) is 17.4 Å². The molecule has 1 aromatic heterocycles. The van der Waals surface area contributed by atoms with Gasteiger partial charge >= 0.3 is 5.97 Å². The van der Waals surface area contributed by atoms with E-state index < -0.39 is 5.97 Å². The number of carbonyl (C=O) groups is 1. The highest BCUT2D eigenvalue weighted by atomic mass is 35.5. The van der Waals surface area contributed by atoms with Gasteiger partial charge in [0.05, 0.1) is 15.6 Å². The normalized spacial score (nSPS) is 10.9. The van der Waals surface area contributed by atoms with E-state index in [0.29, 0.717) is 17.4 Å². The lowest BCUT2D eigenvalue weighted by molar-refractivity contribution is -0.131. The van der Waals surface area contributed by atoms with Crippen molar-refractivity contribution in [3.8, 4) is 5.75 Å². The third-order valence-electron chi connectivity index (χ3n) is 2.44. The number of rotatable bonds is 5. The number of halogens is 1. The van der Waals surface area contributed by atoms with E-state index in [2.05, 4.69) is 4.98 Å². The predicted octanol–water partition coefficient (Wildman–Crippen LogP) is 3.78. The Balaban J connectivity index is 2.06. The van der Waals surface area contributed by atoms with Gasteiger partial charge in [-0.05, 0) is 25.1 Å². The molecule has 2 aromatic rings. The summed E-state index contributed by atoms with van der Waals surface area (Å²) < 4.78 is 5.59. The van der Waals surface area contributed by atoms with Crippen molar-refractivity contribution in [1.82, 2.24) is 4.98 Å². The summed E-state index contributed by atoms with van der Waals surface area (Å²) in [5, 5.41) is 9.93. The van der Waals surface area contributed by atoms with Gasteiger partial charge in [0.15, 0.2) is 0 Å². The molecule has 0 aliphatic carbocycles. The number of carboxylic acids is 1. The number of hydrogen-bond donors (Lipinski definition) is 1. The van der Waals surface area contributed by atoms with Crippen LogP contribution >= 0.6 is 22.9 Å². The zero-order valence-electron chi connectivity index (χ0n) is 10.7. The summed E-state index contributed by atoms with van der Waals surface area (Å²) in [5.41, 5.74) is 0.783. The number of aliphatic carboxylic acids is 1. The molecule has 0 bridgehead atoms. The van der Waals surface area contributed by atoms with Gasteiger partial charge in [-0.2, -0.15) is 0 Å². The molecule has 6 heteroatoms. The molecule has 0 aliphatic rings. The van der Waals surface area contributed by atoms with Crippen LogP contribution in [0.25, 0.3) is 6.08 Å². The molecule has 0 fully saturated rings. The average Bonchev–Trinajstić information content (AvgIpc) is 2.76. The first kappa shape index (κ1) is 14.6. The average molecular weight is 310 g/mol. The van der Waals surface area contributed by atoms with Crippen molar-refractivity contribution < 1.29 is 14.6 Å². The lowest BCUT2D eigenvalue weighted by atomic mass is 10.3. The minimum Gasteiger partial charge on any atom is -0.485 e. The molecule has 0 radical (unpaired) electrons. The SMILES string of the molecule is Cc1nc(COc2ccccc2Cl)sc1/C=C/C(=O)O. The van der Waals surface area contributed by atoms with Gasteiger partial charge in [0.1, 0.15) is 17.4 Å². The predicted molar refractivity (Wildman–Crippen MR) is 79.3 cm³/mol. The van der Waals surface area contributed by atoms with Crippen LogP contribution in [-0.4, -0.2) is 16.1 Å². The highest BCUT2D eigenvalue weighted by Gasteiger charge is 2.07. The van der Waals surface area contributed by atoms with E-state index in [9.17, 15) is 4.79 Å². The molecule has 0 atom stereocenters. The van der Waals surface area contributed by atoms with Gasteiger partial charge < -0.3 is 9.84 Å². The second-order valence-electron chi connectivity index (χ2n) is 3.95. The summed E-state index contributed by atoms with van der Waals surface area (Å²) >= 11 is 7.39. The summed E-state index contributed by atoms with van der Waals surface area (Å²) in [6.45, 7) is 2.13. The molecule has 0 spiro atoms. The second kappa shape index (κ2) is 6.54. The zero-order chi connectivity index (χ0) is 14.5. The van der Waals surface area contributed by atoms with Crippen LogP contribution < -0.4 is 4.74 Å². The van der Waals surface area contributed by atoms with E-state index in [1.807, 2.05) is 19.1 Å². The Morgan fingerprint density at radius 3 is 2.95 bits per heavy atom. The maximum absolute atomic E-state index is 10.5. The number of para-hydroxylation sites is 1. The number of aromatic nitrogens is 1. The number of nitrogens with zero attached hydrogens (tertiary/aromatic N) is 1. The van der Waals surface area contributed by atoms with Gasteiger partial charge in [-0.25, -0.2) is 9.78 Å². The van der Waals surface area contributed by atoms with Gasteiger partial charge in [0.2, 0.25) is 0 Å². The molecule has 1 aromatic carbocycles. The molecule has 2 rings (SSSR count). The molecular formula is C14H12ClNO3S. The summed E-state index contributed by atoms with van der Waals surface area (Å²) in [7, 11) is 0. The maximum atomic E-state index is 10.5. The summed E-state index contributed by atoms with van der Waals surface area (Å²) in [6.07, 6.45) is 2.63. The Bertz CT molecular complexity index is 652. The third kappa shape index (κ3) is 3.82. The monoisotopic (exact) mass is 309 g/mol. The van der Waals surface area contributed by atoms with Crippen LogP contribution in [0.5, 0.6) is 5.75 Å². The summed E-state index contributed by atoms with van der Waals surface area (Å²) in [4.78, 5) is 15.6. The van der Waals surface area contributed by atoms with Crippen LogP contribution in [0.1, 0.15) is 15.6 Å². The molecule has 104 valence electrons. The Morgan fingerprint density at radius 2 is 2.25 bits per heavy atom. The molecule has 1 heterocycles. The van der Waals surface area contributed by atoms with E-state index in [4.69, 9.17) is 21.4 Å². The highest BCUT2D eigenvalue weighted by Crippen LogP contribution is 2.26. The number of carboxylic acid groups (broad SMARTS) is 1. The molecule has 0 amide bonds. The first-order chi connectivity index (χ1) is 9.56. The number of hydrogen-bond acceptors (Lipinski definition) is 4. The van der Waals surface area contributed by atoms with E-state index >= 15 is 0 Å². The number of thiazole rings is 1. The fourth-order valence-corrected chi connectivity index (χ4v) is 2.60. The molecule has 0 unspecified atom stereocenters. The third-order valence-corrected chi connectivity index (χ3v) is 3.85. The Labute approximate surface area is 125 Å². The molecule has 0 saturated carbocycles. The smallest absolute Gasteiger partial charge is 0.328 e. The van der Waals surface area contributed by atoms with Gasteiger partial charge in [0, 0.05) is 6.08 Å². The van der Waals surface area contributed by atoms with E-state index in [1.54, 1.807) is 12.1 Å². The fourth-order valence-electron chi connectivity index (χ4n) is 1.53. The standard InChI is InChI=1S/C14H12ClNO3S/c1-9-12(6-7-14(17)18)20-13(16-9)8-19-11-5-3-2-4-10(11)15/h2-7H,8H2,1H3,(H,17,18)/b7-6+. The summed E-state index contributed by atoms with van der Waals surface area (Å²) in [5.74, 6) is -0.378. The van der Waals surface area contributed by atoms with Crippen molar-refractivity contribution in [2.75, 3.05) is 0 Å². The van der Waals surface area contributed by atoms with E-state index in [0.717, 1.165) is 21.7 Å². The second-order valence-corrected chi connectivity index (χ2v) is 5.47. The number of benzene rings is 1. The van der Waals surface area contributed by atoms with Crippen LogP contribution in [0.3, 0.4) is 0 Å². The van der Waals surface area contributed by atoms with Crippen molar-refractivity contribution in [2.45, 2.75) is 13.5 Å². The van der Waals surface area contributed by atoms with Crippen molar-refractivity contribution in [3.63, 3.8) is 0 Å². The fraction of sp³-hybridized carbons (Fsp3) is 0.143. The maximum Gasteiger partial charge on any atom is 0.328 e. The minimum absolute atomic E-state index is 0.302. The molecule has 4 nitrogen and oxygen atoms in total. The topological polar surface area (TPSA) is 59.4 Å². The first-order valence-electron chi connectivity index (χ1n) is 5.81. The minimum atomic E-state index is -0.980. The number of aryl methyl sites for hydroxylation is 1. The largest absolute Gasteiger partial charge is 0.485 e. The van der Waals surface area contributed by atoms with Crippen molar-refractivity contribution in [2.24, 2.45) is 0 Å². The molecule has 0 saturated heterocycles. The Kier molecular flexibility index (Phi) is 4.76. The molecule has 0 aliphatic heterocycles. The quantitative estimate of drug-likeness (QED) is 0.854.